The van der Waals surface area contributed by atoms with Crippen molar-refractivity contribution in [2.45, 2.75) is 38.7 Å². The molecule has 4 nitrogen and oxygen atoms in total. The lowest BCUT2D eigenvalue weighted by molar-refractivity contribution is -0.128. The highest BCUT2D eigenvalue weighted by atomic mass is 16.5. The van der Waals surface area contributed by atoms with Crippen molar-refractivity contribution < 1.29 is 9.53 Å². The van der Waals surface area contributed by atoms with E-state index >= 15 is 0 Å². The van der Waals surface area contributed by atoms with Gasteiger partial charge in [-0.2, -0.15) is 0 Å². The number of rotatable bonds is 8. The summed E-state index contributed by atoms with van der Waals surface area (Å²) in [5, 5.41) is 5.33. The first-order valence-corrected chi connectivity index (χ1v) is 9.42. The summed E-state index contributed by atoms with van der Waals surface area (Å²) < 4.78 is 5.94. The van der Waals surface area contributed by atoms with E-state index in [-0.39, 0.29) is 5.91 Å². The number of carbonyl (C=O) groups excluding carboxylic acids is 1. The Morgan fingerprint density at radius 2 is 1.92 bits per heavy atom. The fraction of sp³-hybridized carbons (Fsp3) is 0.476. The zero-order chi connectivity index (χ0) is 17.5. The molecule has 0 spiro atoms. The Morgan fingerprint density at radius 3 is 2.68 bits per heavy atom. The summed E-state index contributed by atoms with van der Waals surface area (Å²) in [5.74, 6) is 0.731. The molecule has 1 fully saturated rings. The minimum Gasteiger partial charge on any atom is -0.481 e. The number of benzene rings is 2. The lowest BCUT2D eigenvalue weighted by atomic mass is 10.1. The summed E-state index contributed by atoms with van der Waals surface area (Å²) >= 11 is 0. The zero-order valence-corrected chi connectivity index (χ0v) is 15.0. The summed E-state index contributed by atoms with van der Waals surface area (Å²) in [4.78, 5) is 14.9. The fourth-order valence-corrected chi connectivity index (χ4v) is 3.36. The Balaban J connectivity index is 1.49. The van der Waals surface area contributed by atoms with Gasteiger partial charge in [0.15, 0.2) is 6.10 Å². The molecule has 0 aliphatic carbocycles. The molecule has 0 aromatic heterocycles. The summed E-state index contributed by atoms with van der Waals surface area (Å²) in [6.07, 6.45) is 3.84. The third kappa shape index (κ3) is 4.95. The van der Waals surface area contributed by atoms with E-state index in [4.69, 9.17) is 4.74 Å². The van der Waals surface area contributed by atoms with E-state index in [1.54, 1.807) is 0 Å². The van der Waals surface area contributed by atoms with Crippen LogP contribution in [-0.2, 0) is 4.79 Å². The van der Waals surface area contributed by atoms with Gasteiger partial charge in [-0.15, -0.1) is 0 Å². The van der Waals surface area contributed by atoms with Crippen molar-refractivity contribution in [3.63, 3.8) is 0 Å². The van der Waals surface area contributed by atoms with Gasteiger partial charge in [0.1, 0.15) is 5.75 Å². The average molecular weight is 340 g/mol. The van der Waals surface area contributed by atoms with Crippen molar-refractivity contribution in [2.24, 2.45) is 0 Å². The molecule has 25 heavy (non-hydrogen) atoms. The zero-order valence-electron chi connectivity index (χ0n) is 15.0. The Morgan fingerprint density at radius 1 is 1.16 bits per heavy atom. The molecule has 1 heterocycles. The first-order valence-electron chi connectivity index (χ1n) is 9.42. The number of fused-ring (bicyclic) bond motifs is 1. The van der Waals surface area contributed by atoms with Crippen LogP contribution >= 0.6 is 0 Å². The van der Waals surface area contributed by atoms with Crippen molar-refractivity contribution in [1.29, 1.82) is 0 Å². The normalized spacial score (nSPS) is 16.0. The summed E-state index contributed by atoms with van der Waals surface area (Å²) in [6.45, 7) is 6.18. The molecule has 1 N–H and O–H groups in total. The van der Waals surface area contributed by atoms with Crippen molar-refractivity contribution in [2.75, 3.05) is 26.2 Å². The van der Waals surface area contributed by atoms with Crippen molar-refractivity contribution in [3.05, 3.63) is 42.5 Å². The summed E-state index contributed by atoms with van der Waals surface area (Å²) in [6, 6.07) is 14.1. The molecule has 0 bridgehead atoms. The van der Waals surface area contributed by atoms with E-state index in [9.17, 15) is 4.79 Å². The molecule has 1 aliphatic heterocycles. The van der Waals surface area contributed by atoms with Crippen LogP contribution in [0.25, 0.3) is 10.8 Å². The summed E-state index contributed by atoms with van der Waals surface area (Å²) in [5.41, 5.74) is 0. The highest BCUT2D eigenvalue weighted by Gasteiger charge is 2.18. The molecule has 1 saturated heterocycles. The average Bonchev–Trinajstić information content (AvgIpc) is 3.16. The molecule has 1 amide bonds. The SMILES string of the molecule is CCC(Oc1ccc2ccccc2c1)C(=O)NCCCN1CCCC1. The van der Waals surface area contributed by atoms with Gasteiger partial charge in [0.25, 0.3) is 5.91 Å². The number of nitrogens with zero attached hydrogens (tertiary/aromatic N) is 1. The minimum absolute atomic E-state index is 0.0166. The van der Waals surface area contributed by atoms with Gasteiger partial charge in [-0.25, -0.2) is 0 Å². The van der Waals surface area contributed by atoms with Crippen LogP contribution in [0.3, 0.4) is 0 Å². The summed E-state index contributed by atoms with van der Waals surface area (Å²) in [7, 11) is 0. The van der Waals surface area contributed by atoms with E-state index in [1.807, 2.05) is 37.3 Å². The molecule has 0 radical (unpaired) electrons. The number of nitrogens with one attached hydrogen (secondary N) is 1. The van der Waals surface area contributed by atoms with E-state index in [0.29, 0.717) is 13.0 Å². The largest absolute Gasteiger partial charge is 0.481 e. The number of amides is 1. The number of hydrogen-bond acceptors (Lipinski definition) is 3. The van der Waals surface area contributed by atoms with Crippen LogP contribution in [0.2, 0.25) is 0 Å². The van der Waals surface area contributed by atoms with E-state index in [1.165, 1.54) is 31.3 Å². The maximum Gasteiger partial charge on any atom is 0.261 e. The fourth-order valence-electron chi connectivity index (χ4n) is 3.36. The predicted molar refractivity (Wildman–Crippen MR) is 102 cm³/mol. The molecular formula is C21H28N2O2. The molecule has 3 rings (SSSR count). The molecule has 1 unspecified atom stereocenters. The van der Waals surface area contributed by atoms with Crippen LogP contribution in [0.5, 0.6) is 5.75 Å². The molecule has 134 valence electrons. The smallest absolute Gasteiger partial charge is 0.261 e. The first-order chi connectivity index (χ1) is 12.3. The number of hydrogen-bond donors (Lipinski definition) is 1. The van der Waals surface area contributed by atoms with Crippen LogP contribution in [0.4, 0.5) is 0 Å². The highest BCUT2D eigenvalue weighted by molar-refractivity contribution is 5.84. The number of likely N-dealkylation sites (tertiary alicyclic amines) is 1. The second-order valence-electron chi connectivity index (χ2n) is 6.72. The molecule has 0 saturated carbocycles. The Labute approximate surface area is 150 Å². The molecule has 1 aliphatic rings. The quantitative estimate of drug-likeness (QED) is 0.747. The Hall–Kier alpha value is -2.07. The van der Waals surface area contributed by atoms with Gasteiger partial charge in [-0.3, -0.25) is 4.79 Å². The first kappa shape index (κ1) is 17.7. The third-order valence-electron chi connectivity index (χ3n) is 4.81. The van der Waals surface area contributed by atoms with Crippen molar-refractivity contribution >= 4 is 16.7 Å². The van der Waals surface area contributed by atoms with Gasteiger partial charge >= 0.3 is 0 Å². The van der Waals surface area contributed by atoms with Gasteiger partial charge in [0, 0.05) is 6.54 Å². The van der Waals surface area contributed by atoms with Crippen LogP contribution in [0.15, 0.2) is 42.5 Å². The molecule has 1 atom stereocenters. The Kier molecular flexibility index (Phi) is 6.29. The van der Waals surface area contributed by atoms with E-state index in [0.717, 1.165) is 24.1 Å². The monoisotopic (exact) mass is 340 g/mol. The standard InChI is InChI=1S/C21H28N2O2/c1-2-20(21(24)22-12-7-15-23-13-5-6-14-23)25-19-11-10-17-8-3-4-9-18(17)16-19/h3-4,8-11,16,20H,2,5-7,12-15H2,1H3,(H,22,24). The van der Waals surface area contributed by atoms with Crippen molar-refractivity contribution in [3.8, 4) is 5.75 Å². The van der Waals surface area contributed by atoms with Crippen LogP contribution in [-0.4, -0.2) is 43.1 Å². The number of carbonyl (C=O) groups is 1. The van der Waals surface area contributed by atoms with Crippen LogP contribution < -0.4 is 10.1 Å². The predicted octanol–water partition coefficient (Wildman–Crippen LogP) is 3.60. The minimum atomic E-state index is -0.437. The van der Waals surface area contributed by atoms with E-state index < -0.39 is 6.10 Å². The van der Waals surface area contributed by atoms with Gasteiger partial charge in [0.05, 0.1) is 0 Å². The lowest BCUT2D eigenvalue weighted by Gasteiger charge is -2.18. The molecule has 4 heteroatoms. The van der Waals surface area contributed by atoms with Gasteiger partial charge < -0.3 is 15.0 Å². The molecular weight excluding hydrogens is 312 g/mol. The molecule has 2 aromatic carbocycles. The van der Waals surface area contributed by atoms with Gasteiger partial charge in [0.2, 0.25) is 0 Å². The molecule has 2 aromatic rings. The highest BCUT2D eigenvalue weighted by Crippen LogP contribution is 2.22. The maximum absolute atomic E-state index is 12.4. The number of ether oxygens (including phenoxy) is 1. The third-order valence-corrected chi connectivity index (χ3v) is 4.81. The van der Waals surface area contributed by atoms with E-state index in [2.05, 4.69) is 22.3 Å². The van der Waals surface area contributed by atoms with Gasteiger partial charge in [-0.05, 0) is 68.2 Å². The van der Waals surface area contributed by atoms with Crippen molar-refractivity contribution in [1.82, 2.24) is 10.2 Å². The topological polar surface area (TPSA) is 41.6 Å². The maximum atomic E-state index is 12.4. The van der Waals surface area contributed by atoms with Gasteiger partial charge in [-0.1, -0.05) is 37.3 Å². The lowest BCUT2D eigenvalue weighted by Crippen LogP contribution is -2.39. The second-order valence-corrected chi connectivity index (χ2v) is 6.72. The van der Waals surface area contributed by atoms with Crippen LogP contribution in [0, 0.1) is 0 Å². The second kappa shape index (κ2) is 8.86. The van der Waals surface area contributed by atoms with Crippen LogP contribution in [0.1, 0.15) is 32.6 Å². The Bertz CT molecular complexity index is 695.